The van der Waals surface area contributed by atoms with E-state index in [0.29, 0.717) is 29.6 Å². The Labute approximate surface area is 164 Å². The van der Waals surface area contributed by atoms with Crippen molar-refractivity contribution >= 4 is 24.0 Å². The van der Waals surface area contributed by atoms with Crippen molar-refractivity contribution in [1.82, 2.24) is 0 Å². The molecule has 1 aromatic rings. The third-order valence-electron chi connectivity index (χ3n) is 4.62. The molecular formula is C21H26O7. The fraction of sp³-hybridized carbons (Fsp3) is 0.476. The third-order valence-corrected chi connectivity index (χ3v) is 4.62. The largest absolute Gasteiger partial charge is 0.493 e. The average Bonchev–Trinajstić information content (AvgIpc) is 3.02. The molecule has 0 amide bonds. The van der Waals surface area contributed by atoms with Gasteiger partial charge in [0.2, 0.25) is 0 Å². The van der Waals surface area contributed by atoms with Crippen LogP contribution >= 0.6 is 0 Å². The van der Waals surface area contributed by atoms with Gasteiger partial charge in [0, 0.05) is 6.08 Å². The molecule has 0 bridgehead atoms. The van der Waals surface area contributed by atoms with Gasteiger partial charge in [-0.25, -0.2) is 4.79 Å². The molecule has 152 valence electrons. The van der Waals surface area contributed by atoms with Crippen LogP contribution in [0.2, 0.25) is 0 Å². The van der Waals surface area contributed by atoms with Crippen LogP contribution in [0.5, 0.6) is 11.5 Å². The van der Waals surface area contributed by atoms with Gasteiger partial charge in [-0.15, -0.1) is 0 Å². The van der Waals surface area contributed by atoms with Crippen molar-refractivity contribution in [1.29, 1.82) is 0 Å². The van der Waals surface area contributed by atoms with Crippen LogP contribution in [-0.2, 0) is 23.9 Å². The minimum absolute atomic E-state index is 0.00307. The van der Waals surface area contributed by atoms with E-state index in [0.717, 1.165) is 12.8 Å². The topological polar surface area (TPSA) is 88.1 Å². The van der Waals surface area contributed by atoms with Gasteiger partial charge in [-0.1, -0.05) is 32.8 Å². The summed E-state index contributed by atoms with van der Waals surface area (Å²) in [5.41, 5.74) is 0.709. The molecule has 0 N–H and O–H groups in total. The van der Waals surface area contributed by atoms with Crippen LogP contribution < -0.4 is 9.47 Å². The molecular weight excluding hydrogens is 364 g/mol. The maximum absolute atomic E-state index is 11.9. The highest BCUT2D eigenvalue weighted by Crippen LogP contribution is 2.30. The van der Waals surface area contributed by atoms with E-state index in [-0.39, 0.29) is 13.0 Å². The van der Waals surface area contributed by atoms with Crippen molar-refractivity contribution in [3.63, 3.8) is 0 Å². The molecule has 1 aliphatic heterocycles. The van der Waals surface area contributed by atoms with Gasteiger partial charge in [0.05, 0.1) is 20.1 Å². The molecule has 1 heterocycles. The van der Waals surface area contributed by atoms with Crippen LogP contribution in [0.1, 0.15) is 38.7 Å². The lowest BCUT2D eigenvalue weighted by molar-refractivity contribution is -0.153. The molecule has 1 atom stereocenters. The summed E-state index contributed by atoms with van der Waals surface area (Å²) in [6.45, 7) is 4.55. The van der Waals surface area contributed by atoms with Crippen LogP contribution in [0, 0.1) is 11.8 Å². The molecule has 0 aliphatic carbocycles. The Hall–Kier alpha value is -2.83. The predicted octanol–water partition coefficient (Wildman–Crippen LogP) is 3.16. The Balaban J connectivity index is 1.98. The number of carbonyl (C=O) groups is 3. The third kappa shape index (κ3) is 6.11. The van der Waals surface area contributed by atoms with Crippen LogP contribution in [0.4, 0.5) is 0 Å². The smallest absolute Gasteiger partial charge is 0.330 e. The number of rotatable bonds is 10. The number of esters is 3. The van der Waals surface area contributed by atoms with Gasteiger partial charge in [-0.3, -0.25) is 9.59 Å². The van der Waals surface area contributed by atoms with Crippen molar-refractivity contribution in [2.24, 2.45) is 11.8 Å². The number of ether oxygens (including phenoxy) is 4. The first-order chi connectivity index (χ1) is 13.5. The van der Waals surface area contributed by atoms with Gasteiger partial charge < -0.3 is 18.9 Å². The highest BCUT2D eigenvalue weighted by atomic mass is 16.6. The first-order valence-electron chi connectivity index (χ1n) is 9.36. The fourth-order valence-electron chi connectivity index (χ4n) is 2.69. The quantitative estimate of drug-likeness (QED) is 0.344. The first kappa shape index (κ1) is 21.5. The van der Waals surface area contributed by atoms with Crippen molar-refractivity contribution in [3.8, 4) is 11.5 Å². The zero-order chi connectivity index (χ0) is 20.5. The second-order valence-electron chi connectivity index (χ2n) is 6.56. The Bertz CT molecular complexity index is 734. The molecule has 0 spiro atoms. The second kappa shape index (κ2) is 10.5. The number of hydrogen-bond donors (Lipinski definition) is 0. The van der Waals surface area contributed by atoms with E-state index >= 15 is 0 Å². The summed E-state index contributed by atoms with van der Waals surface area (Å²) in [4.78, 5) is 34.6. The molecule has 7 nitrogen and oxygen atoms in total. The number of carbonyl (C=O) groups excluding carboxylic acids is 3. The van der Waals surface area contributed by atoms with Crippen LogP contribution in [0.15, 0.2) is 24.3 Å². The van der Waals surface area contributed by atoms with E-state index in [9.17, 15) is 14.4 Å². The minimum Gasteiger partial charge on any atom is -0.493 e. The molecule has 2 rings (SSSR count). The van der Waals surface area contributed by atoms with E-state index in [1.807, 2.05) is 0 Å². The van der Waals surface area contributed by atoms with E-state index in [1.54, 1.807) is 24.3 Å². The number of hydrogen-bond acceptors (Lipinski definition) is 7. The number of methoxy groups -OCH3 is 1. The minimum atomic E-state index is -0.628. The lowest BCUT2D eigenvalue weighted by Gasteiger charge is -2.13. The Kier molecular flexibility index (Phi) is 8.04. The molecule has 1 aliphatic rings. The zero-order valence-electron chi connectivity index (χ0n) is 16.4. The predicted molar refractivity (Wildman–Crippen MR) is 102 cm³/mol. The summed E-state index contributed by atoms with van der Waals surface area (Å²) >= 11 is 0. The first-order valence-corrected chi connectivity index (χ1v) is 9.36. The Morgan fingerprint density at radius 3 is 2.61 bits per heavy atom. The van der Waals surface area contributed by atoms with E-state index in [4.69, 9.17) is 14.2 Å². The van der Waals surface area contributed by atoms with Gasteiger partial charge in [0.1, 0.15) is 12.5 Å². The van der Waals surface area contributed by atoms with Crippen molar-refractivity contribution < 1.29 is 33.3 Å². The van der Waals surface area contributed by atoms with Crippen LogP contribution in [0.3, 0.4) is 0 Å². The molecule has 0 saturated carbocycles. The highest BCUT2D eigenvalue weighted by molar-refractivity contribution is 5.94. The highest BCUT2D eigenvalue weighted by Gasteiger charge is 2.34. The normalized spacial score (nSPS) is 16.5. The van der Waals surface area contributed by atoms with Gasteiger partial charge in [0.15, 0.2) is 11.5 Å². The average molecular weight is 390 g/mol. The fourth-order valence-corrected chi connectivity index (χ4v) is 2.69. The SMILES string of the molecule is CCC(CC)COC(=O)/C=C/c1ccc(OC)c(OCC2CC(=O)OC2=O)c1. The molecule has 0 radical (unpaired) electrons. The van der Waals surface area contributed by atoms with Gasteiger partial charge in [-0.2, -0.15) is 0 Å². The van der Waals surface area contributed by atoms with E-state index < -0.39 is 23.8 Å². The molecule has 1 saturated heterocycles. The van der Waals surface area contributed by atoms with Gasteiger partial charge >= 0.3 is 17.9 Å². The summed E-state index contributed by atoms with van der Waals surface area (Å²) < 4.78 is 20.7. The van der Waals surface area contributed by atoms with E-state index in [1.165, 1.54) is 13.2 Å². The molecule has 7 heteroatoms. The van der Waals surface area contributed by atoms with E-state index in [2.05, 4.69) is 18.6 Å². The van der Waals surface area contributed by atoms with Crippen molar-refractivity contribution in [2.75, 3.05) is 20.3 Å². The standard InChI is InChI=1S/C21H26O7/c1-4-14(5-2)12-27-19(22)9-7-15-6-8-17(25-3)18(10-15)26-13-16-11-20(23)28-21(16)24/h6-10,14,16H,4-5,11-13H2,1-3H3/b9-7+. The van der Waals surface area contributed by atoms with Crippen molar-refractivity contribution in [2.45, 2.75) is 33.1 Å². The van der Waals surface area contributed by atoms with Crippen molar-refractivity contribution in [3.05, 3.63) is 29.8 Å². The molecule has 1 unspecified atom stereocenters. The summed E-state index contributed by atoms with van der Waals surface area (Å²) in [6, 6.07) is 5.15. The molecule has 0 aromatic heterocycles. The summed E-state index contributed by atoms with van der Waals surface area (Å²) in [5.74, 6) is -0.913. The monoisotopic (exact) mass is 390 g/mol. The Morgan fingerprint density at radius 2 is 2.00 bits per heavy atom. The molecule has 28 heavy (non-hydrogen) atoms. The number of cyclic esters (lactones) is 2. The lowest BCUT2D eigenvalue weighted by Crippen LogP contribution is -2.17. The van der Waals surface area contributed by atoms with Gasteiger partial charge in [0.25, 0.3) is 0 Å². The van der Waals surface area contributed by atoms with Gasteiger partial charge in [-0.05, 0) is 29.7 Å². The maximum atomic E-state index is 11.9. The summed E-state index contributed by atoms with van der Waals surface area (Å²) in [7, 11) is 1.50. The van der Waals surface area contributed by atoms with Crippen LogP contribution in [-0.4, -0.2) is 38.2 Å². The Morgan fingerprint density at radius 1 is 1.25 bits per heavy atom. The molecule has 1 aromatic carbocycles. The zero-order valence-corrected chi connectivity index (χ0v) is 16.4. The molecule has 1 fully saturated rings. The number of benzene rings is 1. The summed E-state index contributed by atoms with van der Waals surface area (Å²) in [5, 5.41) is 0. The maximum Gasteiger partial charge on any atom is 0.330 e. The second-order valence-corrected chi connectivity index (χ2v) is 6.56. The van der Waals surface area contributed by atoms with Crippen LogP contribution in [0.25, 0.3) is 6.08 Å². The summed E-state index contributed by atoms with van der Waals surface area (Å²) in [6.07, 6.45) is 4.92. The lowest BCUT2D eigenvalue weighted by atomic mass is 10.1.